The summed E-state index contributed by atoms with van der Waals surface area (Å²) < 4.78 is 0. The minimum absolute atomic E-state index is 0. The number of aliphatic carboxylic acids is 3. The maximum absolute atomic E-state index is 10.1. The van der Waals surface area contributed by atoms with E-state index in [-0.39, 0.29) is 122 Å². The Morgan fingerprint density at radius 3 is 1.62 bits per heavy atom. The number of rotatable bonds is 14. The number of hydrogen-bond acceptors (Lipinski definition) is 6. The number of nitrogens with two attached hydrogens (primary N) is 1. The van der Waals surface area contributed by atoms with Gasteiger partial charge in [0, 0.05) is 18.4 Å². The zero-order valence-electron chi connectivity index (χ0n) is 16.6. The number of hydrogen-bond donors (Lipinski definition) is 2. The molecule has 0 saturated heterocycles. The van der Waals surface area contributed by atoms with E-state index in [0.717, 1.165) is 12.8 Å². The minimum atomic E-state index is -1.42. The summed E-state index contributed by atoms with van der Waals surface area (Å²) in [5, 5.41) is 28.1. The Kier molecular flexibility index (Phi) is 36.0. The normalized spacial score (nSPS) is 10.4. The Balaban J connectivity index is -0.000000181. The first-order chi connectivity index (χ1) is 11.3. The summed E-state index contributed by atoms with van der Waals surface area (Å²) in [4.78, 5) is 29.8. The molecule has 0 bridgehead atoms. The fourth-order valence-electron chi connectivity index (χ4n) is 1.98. The average Bonchev–Trinajstić information content (AvgIpc) is 2.51. The van der Waals surface area contributed by atoms with Gasteiger partial charge >= 0.3 is 109 Å². The van der Waals surface area contributed by atoms with Gasteiger partial charge in [0.15, 0.2) is 0 Å². The molecule has 3 N–H and O–H groups in total. The Hall–Kier alpha value is 1.64. The predicted molar refractivity (Wildman–Crippen MR) is 86.7 cm³/mol. The fraction of sp³-hybridized carbons (Fsp3) is 0.824. The molecule has 0 rings (SSSR count). The van der Waals surface area contributed by atoms with Crippen LogP contribution < -0.4 is 119 Å². The van der Waals surface area contributed by atoms with Crippen LogP contribution >= 0.6 is 0 Å². The van der Waals surface area contributed by atoms with Crippen molar-refractivity contribution in [2.45, 2.75) is 90.0 Å². The first-order valence-electron chi connectivity index (χ1n) is 8.69. The minimum Gasteiger partial charge on any atom is -0.550 e. The van der Waals surface area contributed by atoms with Gasteiger partial charge in [-0.15, -0.1) is 0 Å². The van der Waals surface area contributed by atoms with Crippen molar-refractivity contribution in [3.05, 3.63) is 0 Å². The zero-order chi connectivity index (χ0) is 18.8. The quantitative estimate of drug-likeness (QED) is 0.210. The smallest absolute Gasteiger partial charge is 0.550 e. The SMILES string of the molecule is CCCCCCCCCCCC(=O)[O-].N[C@@H](CCC(=O)O)C(=O)[O-].[K+].[K+]. The molecule has 0 aromatic carbocycles. The summed E-state index contributed by atoms with van der Waals surface area (Å²) >= 11 is 0. The largest absolute Gasteiger partial charge is 1.00 e. The fourth-order valence-corrected chi connectivity index (χ4v) is 1.98. The molecule has 26 heavy (non-hydrogen) atoms. The average molecular weight is 424 g/mol. The molecule has 0 saturated carbocycles. The van der Waals surface area contributed by atoms with Crippen LogP contribution in [-0.2, 0) is 14.4 Å². The van der Waals surface area contributed by atoms with Crippen LogP contribution in [0.5, 0.6) is 0 Å². The first-order valence-corrected chi connectivity index (χ1v) is 8.69. The second-order valence-electron chi connectivity index (χ2n) is 5.81. The van der Waals surface area contributed by atoms with Gasteiger partial charge in [0.1, 0.15) is 0 Å². The van der Waals surface area contributed by atoms with Gasteiger partial charge in [-0.05, 0) is 19.3 Å². The molecule has 0 aliphatic carbocycles. The maximum Gasteiger partial charge on any atom is 1.00 e. The zero-order valence-corrected chi connectivity index (χ0v) is 22.9. The summed E-state index contributed by atoms with van der Waals surface area (Å²) in [6.07, 6.45) is 10.8. The van der Waals surface area contributed by atoms with E-state index < -0.39 is 23.9 Å². The summed E-state index contributed by atoms with van der Waals surface area (Å²) in [5.74, 6) is -3.38. The number of carbonyl (C=O) groups is 3. The van der Waals surface area contributed by atoms with E-state index >= 15 is 0 Å². The molecule has 0 unspecified atom stereocenters. The molecule has 9 heteroatoms. The van der Waals surface area contributed by atoms with Gasteiger partial charge in [0.25, 0.3) is 0 Å². The second kappa shape index (κ2) is 26.6. The number of carboxylic acid groups (broad SMARTS) is 3. The molecule has 0 aliphatic heterocycles. The summed E-state index contributed by atoms with van der Waals surface area (Å²) in [5.41, 5.74) is 4.94. The van der Waals surface area contributed by atoms with Gasteiger partial charge in [-0.3, -0.25) is 4.79 Å². The molecule has 0 aromatic rings. The van der Waals surface area contributed by atoms with E-state index in [1.807, 2.05) is 0 Å². The number of carboxylic acids is 3. The monoisotopic (exact) mass is 423 g/mol. The molecule has 0 heterocycles. The first kappa shape index (κ1) is 35.1. The van der Waals surface area contributed by atoms with E-state index in [4.69, 9.17) is 10.8 Å². The number of carbonyl (C=O) groups excluding carboxylic acids is 2. The molecule has 142 valence electrons. The molecule has 1 atom stereocenters. The summed E-state index contributed by atoms with van der Waals surface area (Å²) in [6.45, 7) is 2.22. The van der Waals surface area contributed by atoms with Crippen LogP contribution in [0, 0.1) is 0 Å². The van der Waals surface area contributed by atoms with E-state index in [1.54, 1.807) is 0 Å². The van der Waals surface area contributed by atoms with Crippen molar-refractivity contribution in [3.63, 3.8) is 0 Å². The van der Waals surface area contributed by atoms with Crippen molar-refractivity contribution in [3.8, 4) is 0 Å². The summed E-state index contributed by atoms with van der Waals surface area (Å²) in [6, 6.07) is -1.17. The van der Waals surface area contributed by atoms with Gasteiger partial charge in [-0.1, -0.05) is 58.3 Å². The molecular weight excluding hydrogens is 392 g/mol. The van der Waals surface area contributed by atoms with E-state index in [0.29, 0.717) is 0 Å². The standard InChI is InChI=1S/C12H24O2.C5H9NO4.2K/c1-2-3-4-5-6-7-8-9-10-11-12(13)14;6-3(5(9)10)1-2-4(7)8;;/h2-11H2,1H3,(H,13,14);3H,1-2,6H2,(H,7,8)(H,9,10);;/q;;2*+1/p-2/t;3-;;/m.0../s1. The van der Waals surface area contributed by atoms with E-state index in [9.17, 15) is 24.6 Å². The van der Waals surface area contributed by atoms with Crippen molar-refractivity contribution in [1.29, 1.82) is 0 Å². The topological polar surface area (TPSA) is 144 Å². The van der Waals surface area contributed by atoms with Crippen LogP contribution in [0.25, 0.3) is 0 Å². The Bertz CT molecular complexity index is 356. The molecule has 0 spiro atoms. The second-order valence-corrected chi connectivity index (χ2v) is 5.81. The van der Waals surface area contributed by atoms with Gasteiger partial charge in [-0.2, -0.15) is 0 Å². The third-order valence-corrected chi connectivity index (χ3v) is 3.46. The third kappa shape index (κ3) is 33.2. The van der Waals surface area contributed by atoms with Crippen molar-refractivity contribution in [1.82, 2.24) is 0 Å². The Morgan fingerprint density at radius 2 is 1.27 bits per heavy atom. The Morgan fingerprint density at radius 1 is 0.846 bits per heavy atom. The molecule has 0 amide bonds. The van der Waals surface area contributed by atoms with Crippen LogP contribution in [0.1, 0.15) is 84.0 Å². The molecule has 0 radical (unpaired) electrons. The number of unbranched alkanes of at least 4 members (excludes halogenated alkanes) is 8. The molecular formula is C17H31K2NO6. The molecule has 7 nitrogen and oxygen atoms in total. The van der Waals surface area contributed by atoms with Crippen LogP contribution in [0.15, 0.2) is 0 Å². The predicted octanol–water partition coefficient (Wildman–Crippen LogP) is -5.41. The van der Waals surface area contributed by atoms with Crippen LogP contribution in [0.2, 0.25) is 0 Å². The molecule has 0 aliphatic rings. The molecule has 0 aromatic heterocycles. The molecule has 0 fully saturated rings. The van der Waals surface area contributed by atoms with Gasteiger partial charge in [-0.25, -0.2) is 0 Å². The van der Waals surface area contributed by atoms with Crippen LogP contribution in [0.3, 0.4) is 0 Å². The third-order valence-electron chi connectivity index (χ3n) is 3.46. The van der Waals surface area contributed by atoms with Crippen LogP contribution in [0.4, 0.5) is 0 Å². The van der Waals surface area contributed by atoms with Crippen molar-refractivity contribution in [2.24, 2.45) is 5.73 Å². The summed E-state index contributed by atoms with van der Waals surface area (Å²) in [7, 11) is 0. The van der Waals surface area contributed by atoms with Crippen molar-refractivity contribution >= 4 is 17.9 Å². The van der Waals surface area contributed by atoms with Gasteiger partial charge < -0.3 is 30.6 Å². The van der Waals surface area contributed by atoms with E-state index in [1.165, 1.54) is 44.9 Å². The maximum atomic E-state index is 10.1. The van der Waals surface area contributed by atoms with Gasteiger partial charge in [0.05, 0.1) is 5.97 Å². The van der Waals surface area contributed by atoms with Gasteiger partial charge in [0.2, 0.25) is 0 Å². The van der Waals surface area contributed by atoms with Crippen LogP contribution in [-0.4, -0.2) is 29.1 Å². The Labute approximate surface area is 242 Å². The van der Waals surface area contributed by atoms with E-state index in [2.05, 4.69) is 6.92 Å². The van der Waals surface area contributed by atoms with Crippen molar-refractivity contribution in [2.75, 3.05) is 0 Å². The van der Waals surface area contributed by atoms with Crippen molar-refractivity contribution < 1.29 is 132 Å².